The third-order valence-corrected chi connectivity index (χ3v) is 3.01. The van der Waals surface area contributed by atoms with Gasteiger partial charge in [-0.15, -0.1) is 0 Å². The van der Waals surface area contributed by atoms with Crippen molar-refractivity contribution in [3.05, 3.63) is 17.5 Å². The maximum atomic E-state index is 12.6. The number of carbonyl (C=O) groups is 1. The molecule has 1 atom stereocenters. The number of hydrogen-bond acceptors (Lipinski definition) is 3. The number of aryl methyl sites for hydroxylation is 1. The van der Waals surface area contributed by atoms with Crippen LogP contribution >= 0.6 is 0 Å². The van der Waals surface area contributed by atoms with Crippen molar-refractivity contribution in [2.45, 2.75) is 25.9 Å². The van der Waals surface area contributed by atoms with Crippen LogP contribution in [0.15, 0.2) is 10.6 Å². The molecular weight excluding hydrogens is 249 g/mol. The second kappa shape index (κ2) is 4.62. The summed E-state index contributed by atoms with van der Waals surface area (Å²) in [5, 5.41) is 3.56. The van der Waals surface area contributed by atoms with E-state index in [1.165, 1.54) is 11.0 Å². The fourth-order valence-electron chi connectivity index (χ4n) is 2.05. The molecule has 2 heterocycles. The Labute approximate surface area is 102 Å². The minimum absolute atomic E-state index is 0.00433. The van der Waals surface area contributed by atoms with Gasteiger partial charge in [-0.1, -0.05) is 5.16 Å². The molecule has 1 fully saturated rings. The van der Waals surface area contributed by atoms with Gasteiger partial charge < -0.3 is 9.42 Å². The number of likely N-dealkylation sites (tertiary alicyclic amines) is 1. The van der Waals surface area contributed by atoms with Crippen LogP contribution in [0.3, 0.4) is 0 Å². The molecular formula is C11H13F3N2O2. The number of carbonyl (C=O) groups excluding carboxylic acids is 1. The van der Waals surface area contributed by atoms with E-state index in [-0.39, 0.29) is 18.7 Å². The van der Waals surface area contributed by atoms with Crippen molar-refractivity contribution < 1.29 is 22.5 Å². The van der Waals surface area contributed by atoms with Crippen LogP contribution in [0.1, 0.15) is 29.1 Å². The lowest BCUT2D eigenvalue weighted by Gasteiger charge is -2.33. The van der Waals surface area contributed by atoms with Crippen molar-refractivity contribution in [2.75, 3.05) is 13.1 Å². The Morgan fingerprint density at radius 3 is 2.83 bits per heavy atom. The van der Waals surface area contributed by atoms with Gasteiger partial charge in [0.05, 0.1) is 11.6 Å². The third-order valence-electron chi connectivity index (χ3n) is 3.01. The molecule has 0 radical (unpaired) electrons. The van der Waals surface area contributed by atoms with Crippen LogP contribution in [-0.4, -0.2) is 35.2 Å². The zero-order valence-electron chi connectivity index (χ0n) is 9.83. The Morgan fingerprint density at radius 2 is 2.28 bits per heavy atom. The van der Waals surface area contributed by atoms with Gasteiger partial charge in [-0.05, 0) is 19.8 Å². The minimum atomic E-state index is -4.25. The van der Waals surface area contributed by atoms with Crippen molar-refractivity contribution in [1.29, 1.82) is 0 Å². The van der Waals surface area contributed by atoms with Crippen LogP contribution in [0.2, 0.25) is 0 Å². The lowest BCUT2D eigenvalue weighted by molar-refractivity contribution is -0.184. The van der Waals surface area contributed by atoms with E-state index >= 15 is 0 Å². The molecule has 1 aliphatic heterocycles. The van der Waals surface area contributed by atoms with E-state index in [1.807, 2.05) is 0 Å². The van der Waals surface area contributed by atoms with Crippen LogP contribution in [-0.2, 0) is 0 Å². The summed E-state index contributed by atoms with van der Waals surface area (Å²) in [5.41, 5.74) is 0.530. The van der Waals surface area contributed by atoms with Crippen molar-refractivity contribution in [2.24, 2.45) is 5.92 Å². The van der Waals surface area contributed by atoms with E-state index in [0.29, 0.717) is 18.7 Å². The molecule has 0 aliphatic carbocycles. The molecule has 100 valence electrons. The number of nitrogens with zero attached hydrogens (tertiary/aromatic N) is 2. The Hall–Kier alpha value is -1.53. The van der Waals surface area contributed by atoms with Crippen molar-refractivity contribution in [1.82, 2.24) is 10.1 Å². The molecule has 1 unspecified atom stereocenters. The van der Waals surface area contributed by atoms with Gasteiger partial charge in [0.2, 0.25) is 5.76 Å². The largest absolute Gasteiger partial charge is 0.393 e. The van der Waals surface area contributed by atoms with Gasteiger partial charge in [0.1, 0.15) is 0 Å². The van der Waals surface area contributed by atoms with Crippen LogP contribution in [0.5, 0.6) is 0 Å². The number of piperidine rings is 1. The number of alkyl halides is 3. The lowest BCUT2D eigenvalue weighted by Crippen LogP contribution is -2.44. The van der Waals surface area contributed by atoms with E-state index < -0.39 is 18.0 Å². The van der Waals surface area contributed by atoms with E-state index in [1.54, 1.807) is 6.92 Å². The molecule has 18 heavy (non-hydrogen) atoms. The van der Waals surface area contributed by atoms with Crippen LogP contribution in [0.4, 0.5) is 13.2 Å². The van der Waals surface area contributed by atoms with Gasteiger partial charge in [0.15, 0.2) is 0 Å². The summed E-state index contributed by atoms with van der Waals surface area (Å²) >= 11 is 0. The normalized spacial score (nSPS) is 21.1. The van der Waals surface area contributed by atoms with Crippen LogP contribution in [0, 0.1) is 12.8 Å². The number of rotatable bonds is 1. The third kappa shape index (κ3) is 2.65. The van der Waals surface area contributed by atoms with Crippen molar-refractivity contribution in [3.63, 3.8) is 0 Å². The minimum Gasteiger partial charge on any atom is -0.351 e. The summed E-state index contributed by atoms with van der Waals surface area (Å²) in [6.45, 7) is 1.67. The fourth-order valence-corrected chi connectivity index (χ4v) is 2.05. The topological polar surface area (TPSA) is 46.3 Å². The maximum absolute atomic E-state index is 12.6. The Kier molecular flexibility index (Phi) is 3.32. The predicted octanol–water partition coefficient (Wildman–Crippen LogP) is 2.40. The van der Waals surface area contributed by atoms with Gasteiger partial charge in [-0.25, -0.2) is 0 Å². The standard InChI is InChI=1S/C11H13F3N2O2/c1-7-5-9(18-15-7)10(17)16-4-2-3-8(6-16)11(12,13)14/h5,8H,2-4,6H2,1H3. The Balaban J connectivity index is 2.07. The predicted molar refractivity (Wildman–Crippen MR) is 55.9 cm³/mol. The van der Waals surface area contributed by atoms with E-state index in [0.717, 1.165) is 0 Å². The molecule has 0 saturated carbocycles. The van der Waals surface area contributed by atoms with Crippen molar-refractivity contribution >= 4 is 5.91 Å². The van der Waals surface area contributed by atoms with Crippen LogP contribution in [0.25, 0.3) is 0 Å². The van der Waals surface area contributed by atoms with Crippen molar-refractivity contribution in [3.8, 4) is 0 Å². The summed E-state index contributed by atoms with van der Waals surface area (Å²) in [7, 11) is 0. The quantitative estimate of drug-likeness (QED) is 0.780. The van der Waals surface area contributed by atoms with E-state index in [2.05, 4.69) is 5.16 Å². The SMILES string of the molecule is Cc1cc(C(=O)N2CCCC(C(F)(F)F)C2)on1. The molecule has 1 saturated heterocycles. The molecule has 1 amide bonds. The van der Waals surface area contributed by atoms with E-state index in [4.69, 9.17) is 4.52 Å². The molecule has 2 rings (SSSR count). The van der Waals surface area contributed by atoms with Gasteiger partial charge in [-0.3, -0.25) is 4.79 Å². The number of aromatic nitrogens is 1. The molecule has 0 N–H and O–H groups in total. The Bertz CT molecular complexity index is 442. The molecule has 0 spiro atoms. The van der Waals surface area contributed by atoms with Crippen LogP contribution < -0.4 is 0 Å². The highest BCUT2D eigenvalue weighted by molar-refractivity contribution is 5.91. The molecule has 7 heteroatoms. The first-order chi connectivity index (χ1) is 8.38. The van der Waals surface area contributed by atoms with Gasteiger partial charge in [0, 0.05) is 19.2 Å². The molecule has 1 aromatic rings. The average Bonchev–Trinajstić information content (AvgIpc) is 2.74. The summed E-state index contributed by atoms with van der Waals surface area (Å²) in [6, 6.07) is 1.43. The summed E-state index contributed by atoms with van der Waals surface area (Å²) in [6.07, 6.45) is -3.83. The maximum Gasteiger partial charge on any atom is 0.393 e. The zero-order chi connectivity index (χ0) is 13.3. The highest BCUT2D eigenvalue weighted by Crippen LogP contribution is 2.33. The second-order valence-corrected chi connectivity index (χ2v) is 4.46. The van der Waals surface area contributed by atoms with Gasteiger partial charge in [-0.2, -0.15) is 13.2 Å². The second-order valence-electron chi connectivity index (χ2n) is 4.46. The molecule has 1 aliphatic rings. The van der Waals surface area contributed by atoms with Gasteiger partial charge in [0.25, 0.3) is 5.91 Å². The zero-order valence-corrected chi connectivity index (χ0v) is 9.83. The first kappa shape index (κ1) is 12.9. The fraction of sp³-hybridized carbons (Fsp3) is 0.636. The average molecular weight is 262 g/mol. The van der Waals surface area contributed by atoms with Gasteiger partial charge >= 0.3 is 6.18 Å². The number of halogens is 3. The smallest absolute Gasteiger partial charge is 0.351 e. The monoisotopic (exact) mass is 262 g/mol. The molecule has 0 aromatic carbocycles. The number of hydrogen-bond donors (Lipinski definition) is 0. The number of amides is 1. The van der Waals surface area contributed by atoms with E-state index in [9.17, 15) is 18.0 Å². The summed E-state index contributed by atoms with van der Waals surface area (Å²) in [5.74, 6) is -1.97. The molecule has 4 nitrogen and oxygen atoms in total. The highest BCUT2D eigenvalue weighted by atomic mass is 19.4. The lowest BCUT2D eigenvalue weighted by atomic mass is 9.97. The first-order valence-corrected chi connectivity index (χ1v) is 5.67. The molecule has 1 aromatic heterocycles. The highest BCUT2D eigenvalue weighted by Gasteiger charge is 2.43. The molecule has 0 bridgehead atoms. The Morgan fingerprint density at radius 1 is 1.56 bits per heavy atom. The summed E-state index contributed by atoms with van der Waals surface area (Å²) < 4.78 is 42.6. The summed E-state index contributed by atoms with van der Waals surface area (Å²) in [4.78, 5) is 13.1. The first-order valence-electron chi connectivity index (χ1n) is 5.67.